The molecule has 0 amide bonds. The van der Waals surface area contributed by atoms with Crippen LogP contribution in [0.3, 0.4) is 0 Å². The molecule has 0 saturated heterocycles. The molecule has 0 aliphatic heterocycles. The molecule has 0 aromatic carbocycles. The van der Waals surface area contributed by atoms with E-state index in [1.54, 1.807) is 0 Å². The molecule has 0 atom stereocenters. The van der Waals surface area contributed by atoms with Crippen molar-refractivity contribution < 1.29 is 19.8 Å². The molecule has 85 heavy (non-hydrogen) atoms. The Hall–Kier alpha value is -0.320. The largest absolute Gasteiger partial charge is 2.00 e. The predicted octanol–water partition coefficient (Wildman–Crippen LogP) is 25.8. The molecule has 0 heterocycles. The van der Waals surface area contributed by atoms with Gasteiger partial charge in [-0.05, 0) is 51.4 Å². The Morgan fingerprint density at radius 3 is 0.541 bits per heavy atom. The first-order chi connectivity index (χ1) is 41.4. The van der Waals surface area contributed by atoms with E-state index >= 15 is 0 Å². The van der Waals surface area contributed by atoms with E-state index in [1.165, 1.54) is 347 Å². The van der Waals surface area contributed by atoms with Crippen molar-refractivity contribution in [2.24, 2.45) is 10.8 Å². The topological polar surface area (TPSA) is 80.3 Å². The Labute approximate surface area is 564 Å². The number of aliphatic carboxylic acids is 2. The van der Waals surface area contributed by atoms with Crippen molar-refractivity contribution in [2.75, 3.05) is 0 Å². The summed E-state index contributed by atoms with van der Waals surface area (Å²) in [6, 6.07) is 0. The zero-order chi connectivity index (χ0) is 61.1. The molecule has 5 heteroatoms. The van der Waals surface area contributed by atoms with Gasteiger partial charge in [-0.3, -0.25) is 0 Å². The number of allylic oxidation sites excluding steroid dienone is 4. The van der Waals surface area contributed by atoms with Gasteiger partial charge in [-0.2, -0.15) is 0 Å². The maximum absolute atomic E-state index is 14.1. The standard InChI is InChI=1S/C80H154O4.Ca/c1-5-9-13-17-21-25-29-33-37-39-41-43-45-47-51-55-59-63-67-71-75-80(78(83)84,76-72-68-64-60-56-52-48-46-44-42-40-38-34-30-26-22-18-14-10-6-2)79(77(81)82,73-69-65-61-57-53-49-35-31-27-23-19-15-11-7-3)74-70-66-62-58-54-50-36-32-28-24-20-16-12-8-4;/h65-66,69-70H,5-64,67-68,71-76H2,1-4H3,(H,81,82)(H,83,84);/q;+2/p-2/b69-65+,70-66+;. The smallest absolute Gasteiger partial charge is 0.550 e. The number of carboxylic acids is 2. The summed E-state index contributed by atoms with van der Waals surface area (Å²) in [6.45, 7) is 9.15. The van der Waals surface area contributed by atoms with E-state index in [9.17, 15) is 19.8 Å². The summed E-state index contributed by atoms with van der Waals surface area (Å²) in [5.41, 5.74) is -3.02. The van der Waals surface area contributed by atoms with Crippen LogP contribution < -0.4 is 10.2 Å². The average Bonchev–Trinajstić information content (AvgIpc) is 3.23. The van der Waals surface area contributed by atoms with E-state index in [1.807, 2.05) is 12.2 Å². The second kappa shape index (κ2) is 71.1. The Kier molecular flexibility index (Phi) is 72.6. The summed E-state index contributed by atoms with van der Waals surface area (Å²) < 4.78 is 0. The first-order valence-electron chi connectivity index (χ1n) is 39.1. The zero-order valence-electron chi connectivity index (χ0n) is 58.7. The molecule has 0 unspecified atom stereocenters. The molecule has 0 saturated carbocycles. The number of unbranched alkanes of at least 4 members (excludes halogenated alkanes) is 60. The predicted molar refractivity (Wildman–Crippen MR) is 376 cm³/mol. The Morgan fingerprint density at radius 1 is 0.224 bits per heavy atom. The summed E-state index contributed by atoms with van der Waals surface area (Å²) in [5, 5.41) is 28.1. The SMILES string of the molecule is CCCCCCCCCCCCC/C=C/CC(C/C=C/CCCCCCCCCCCCC)(C(=O)[O-])C(CCCCCCCCCCCCCCCCCCCCCC)(CCCCCCCCCCCCCCCCCCCCCC)C(=O)[O-].[Ca+2]. The van der Waals surface area contributed by atoms with Crippen LogP contribution in [0.5, 0.6) is 0 Å². The Bertz CT molecular complexity index is 1290. The summed E-state index contributed by atoms with van der Waals surface area (Å²) in [5.74, 6) is -2.34. The van der Waals surface area contributed by atoms with Crippen LogP contribution >= 0.6 is 0 Å². The zero-order valence-corrected chi connectivity index (χ0v) is 60.9. The molecule has 0 aromatic rings. The van der Waals surface area contributed by atoms with Gasteiger partial charge in [0, 0.05) is 22.8 Å². The van der Waals surface area contributed by atoms with Gasteiger partial charge in [-0.25, -0.2) is 0 Å². The number of hydrogen-bond donors (Lipinski definition) is 0. The van der Waals surface area contributed by atoms with Gasteiger partial charge in [0.2, 0.25) is 0 Å². The van der Waals surface area contributed by atoms with Gasteiger partial charge in [0.05, 0.1) is 0 Å². The fourth-order valence-corrected chi connectivity index (χ4v) is 13.9. The molecule has 0 rings (SSSR count). The van der Waals surface area contributed by atoms with Crippen LogP contribution in [-0.4, -0.2) is 49.7 Å². The summed E-state index contributed by atoms with van der Waals surface area (Å²) in [7, 11) is 0. The normalized spacial score (nSPS) is 12.1. The van der Waals surface area contributed by atoms with E-state index in [2.05, 4.69) is 39.8 Å². The van der Waals surface area contributed by atoms with Gasteiger partial charge in [0.15, 0.2) is 0 Å². The average molecular weight is 1220 g/mol. The van der Waals surface area contributed by atoms with Gasteiger partial charge in [-0.15, -0.1) is 0 Å². The second-order valence-electron chi connectivity index (χ2n) is 27.7. The van der Waals surface area contributed by atoms with Gasteiger partial charge < -0.3 is 19.8 Å². The molecule has 0 aliphatic carbocycles. The van der Waals surface area contributed by atoms with E-state index in [0.717, 1.165) is 64.2 Å². The molecule has 0 N–H and O–H groups in total. The molecule has 498 valence electrons. The quantitative estimate of drug-likeness (QED) is 0.0345. The molecule has 0 radical (unpaired) electrons. The molecular weight excluding hydrogens is 1060 g/mol. The van der Waals surface area contributed by atoms with E-state index in [0.29, 0.717) is 12.8 Å². The minimum Gasteiger partial charge on any atom is -0.550 e. The van der Waals surface area contributed by atoms with Gasteiger partial charge >= 0.3 is 37.7 Å². The van der Waals surface area contributed by atoms with E-state index in [-0.39, 0.29) is 50.6 Å². The monoisotopic (exact) mass is 1220 g/mol. The fourth-order valence-electron chi connectivity index (χ4n) is 13.9. The fraction of sp³-hybridized carbons (Fsp3) is 0.925. The van der Waals surface area contributed by atoms with Gasteiger partial charge in [-0.1, -0.05) is 437 Å². The number of carbonyl (C=O) groups is 2. The maximum Gasteiger partial charge on any atom is 2.00 e. The van der Waals surface area contributed by atoms with E-state index in [4.69, 9.17) is 0 Å². The minimum atomic E-state index is -1.55. The van der Waals surface area contributed by atoms with Gasteiger partial charge in [0.1, 0.15) is 0 Å². The van der Waals surface area contributed by atoms with Gasteiger partial charge in [0.25, 0.3) is 0 Å². The van der Waals surface area contributed by atoms with Crippen LogP contribution in [0.2, 0.25) is 0 Å². The van der Waals surface area contributed by atoms with Crippen LogP contribution in [0.15, 0.2) is 24.3 Å². The third-order valence-electron chi connectivity index (χ3n) is 19.8. The van der Waals surface area contributed by atoms with Crippen LogP contribution in [0.4, 0.5) is 0 Å². The van der Waals surface area contributed by atoms with Crippen molar-refractivity contribution in [1.82, 2.24) is 0 Å². The maximum atomic E-state index is 14.1. The van der Waals surface area contributed by atoms with Crippen molar-refractivity contribution in [3.8, 4) is 0 Å². The Balaban J connectivity index is 0. The van der Waals surface area contributed by atoms with Crippen LogP contribution in [0.25, 0.3) is 0 Å². The molecule has 0 bridgehead atoms. The third kappa shape index (κ3) is 55.1. The minimum absolute atomic E-state index is 0. The summed E-state index contributed by atoms with van der Waals surface area (Å²) in [4.78, 5) is 28.1. The molecule has 0 aliphatic rings. The summed E-state index contributed by atoms with van der Waals surface area (Å²) >= 11 is 0. The van der Waals surface area contributed by atoms with Crippen LogP contribution in [-0.2, 0) is 9.59 Å². The van der Waals surface area contributed by atoms with Crippen molar-refractivity contribution in [3.05, 3.63) is 24.3 Å². The molecule has 0 aromatic heterocycles. The summed E-state index contributed by atoms with van der Waals surface area (Å²) in [6.07, 6.45) is 91.8. The molecule has 0 spiro atoms. The Morgan fingerprint density at radius 2 is 0.376 bits per heavy atom. The number of carbonyl (C=O) groups excluding carboxylic acids is 2. The first kappa shape index (κ1) is 86.7. The van der Waals surface area contributed by atoms with Crippen molar-refractivity contribution in [1.29, 1.82) is 0 Å². The second-order valence-corrected chi connectivity index (χ2v) is 27.7. The molecule has 4 nitrogen and oxygen atoms in total. The molecule has 0 fully saturated rings. The van der Waals surface area contributed by atoms with Crippen molar-refractivity contribution in [2.45, 2.75) is 464 Å². The van der Waals surface area contributed by atoms with Crippen LogP contribution in [0, 0.1) is 10.8 Å². The molecular formula is C80H152CaO4. The first-order valence-corrected chi connectivity index (χ1v) is 39.1. The number of hydrogen-bond acceptors (Lipinski definition) is 4. The third-order valence-corrected chi connectivity index (χ3v) is 19.8. The number of rotatable bonds is 73. The van der Waals surface area contributed by atoms with Crippen LogP contribution in [0.1, 0.15) is 464 Å². The number of carboxylic acid groups (broad SMARTS) is 2. The van der Waals surface area contributed by atoms with E-state index < -0.39 is 22.8 Å². The van der Waals surface area contributed by atoms with Crippen molar-refractivity contribution >= 4 is 49.7 Å². The van der Waals surface area contributed by atoms with Crippen molar-refractivity contribution in [3.63, 3.8) is 0 Å².